The van der Waals surface area contributed by atoms with Crippen molar-refractivity contribution in [1.29, 1.82) is 0 Å². The Bertz CT molecular complexity index is 1000. The van der Waals surface area contributed by atoms with Crippen LogP contribution in [0.15, 0.2) is 65.6 Å². The Morgan fingerprint density at radius 3 is 2.26 bits per heavy atom. The van der Waals surface area contributed by atoms with Crippen LogP contribution in [0.1, 0.15) is 44.6 Å². The first-order valence-corrected chi connectivity index (χ1v) is 12.9. The first-order chi connectivity index (χ1) is 15.0. The van der Waals surface area contributed by atoms with Gasteiger partial charge in [-0.2, -0.15) is 0 Å². The first kappa shape index (κ1) is 21.1. The lowest BCUT2D eigenvalue weighted by molar-refractivity contribution is -0.220. The molecule has 0 amide bonds. The Kier molecular flexibility index (Phi) is 5.45. The van der Waals surface area contributed by atoms with Crippen molar-refractivity contribution >= 4 is 9.84 Å². The summed E-state index contributed by atoms with van der Waals surface area (Å²) >= 11 is 0. The quantitative estimate of drug-likeness (QED) is 0.673. The Morgan fingerprint density at radius 1 is 0.968 bits per heavy atom. The molecule has 1 spiro atoms. The summed E-state index contributed by atoms with van der Waals surface area (Å²) in [5.41, 5.74) is 1.19. The van der Waals surface area contributed by atoms with E-state index in [1.165, 1.54) is 5.56 Å². The van der Waals surface area contributed by atoms with E-state index in [2.05, 4.69) is 24.0 Å². The molecule has 2 bridgehead atoms. The predicted molar refractivity (Wildman–Crippen MR) is 119 cm³/mol. The van der Waals surface area contributed by atoms with Gasteiger partial charge in [0.05, 0.1) is 28.9 Å². The van der Waals surface area contributed by atoms with Crippen LogP contribution < -0.4 is 0 Å². The number of nitrogens with zero attached hydrogens (tertiary/aromatic N) is 1. The second kappa shape index (κ2) is 8.00. The van der Waals surface area contributed by atoms with Gasteiger partial charge in [0.25, 0.3) is 0 Å². The predicted octanol–water partition coefficient (Wildman–Crippen LogP) is 4.18. The van der Waals surface area contributed by atoms with Crippen molar-refractivity contribution in [2.45, 2.75) is 73.1 Å². The van der Waals surface area contributed by atoms with Crippen LogP contribution in [0.4, 0.5) is 0 Å². The van der Waals surface area contributed by atoms with Crippen molar-refractivity contribution < 1.29 is 17.9 Å². The van der Waals surface area contributed by atoms with E-state index in [0.29, 0.717) is 37.5 Å². The van der Waals surface area contributed by atoms with Gasteiger partial charge < -0.3 is 9.47 Å². The molecular formula is C25H31NO4S. The molecule has 166 valence electrons. The number of ether oxygens (including phenoxy) is 2. The summed E-state index contributed by atoms with van der Waals surface area (Å²) in [7, 11) is -3.54. The van der Waals surface area contributed by atoms with Crippen LogP contribution in [0.25, 0.3) is 0 Å². The fraction of sp³-hybridized carbons (Fsp3) is 0.520. The minimum Gasteiger partial charge on any atom is -0.346 e. The van der Waals surface area contributed by atoms with Gasteiger partial charge in [0.2, 0.25) is 0 Å². The largest absolute Gasteiger partial charge is 0.346 e. The molecule has 0 aliphatic carbocycles. The van der Waals surface area contributed by atoms with Gasteiger partial charge in [-0.1, -0.05) is 61.9 Å². The molecule has 0 aromatic heterocycles. The van der Waals surface area contributed by atoms with Gasteiger partial charge >= 0.3 is 0 Å². The third-order valence-electron chi connectivity index (χ3n) is 7.47. The van der Waals surface area contributed by atoms with E-state index in [1.807, 2.05) is 36.4 Å². The van der Waals surface area contributed by atoms with Crippen molar-refractivity contribution in [1.82, 2.24) is 4.90 Å². The van der Waals surface area contributed by atoms with E-state index in [1.54, 1.807) is 12.1 Å². The highest BCUT2D eigenvalue weighted by molar-refractivity contribution is 7.93. The lowest BCUT2D eigenvalue weighted by atomic mass is 9.91. The molecule has 0 radical (unpaired) electrons. The van der Waals surface area contributed by atoms with Gasteiger partial charge in [-0.25, -0.2) is 8.42 Å². The van der Waals surface area contributed by atoms with E-state index < -0.39 is 20.4 Å². The molecule has 2 aromatic rings. The van der Waals surface area contributed by atoms with Gasteiger partial charge in [-0.3, -0.25) is 4.90 Å². The van der Waals surface area contributed by atoms with Crippen LogP contribution in [0.3, 0.4) is 0 Å². The van der Waals surface area contributed by atoms with Crippen LogP contribution in [0, 0.1) is 0 Å². The minimum absolute atomic E-state index is 0.0544. The zero-order valence-corrected chi connectivity index (χ0v) is 18.9. The van der Waals surface area contributed by atoms with E-state index in [-0.39, 0.29) is 12.1 Å². The third-order valence-corrected chi connectivity index (χ3v) is 10.1. The molecule has 3 aliphatic rings. The van der Waals surface area contributed by atoms with Gasteiger partial charge in [0.15, 0.2) is 15.6 Å². The van der Waals surface area contributed by atoms with Crippen molar-refractivity contribution in [2.24, 2.45) is 0 Å². The Balaban J connectivity index is 1.61. The van der Waals surface area contributed by atoms with Crippen molar-refractivity contribution in [2.75, 3.05) is 13.2 Å². The maximum Gasteiger partial charge on any atom is 0.185 e. The number of rotatable bonds is 6. The second-order valence-corrected chi connectivity index (χ2v) is 11.4. The third kappa shape index (κ3) is 3.27. The van der Waals surface area contributed by atoms with E-state index >= 15 is 0 Å². The smallest absolute Gasteiger partial charge is 0.185 e. The van der Waals surface area contributed by atoms with Crippen LogP contribution in [-0.2, 0) is 25.9 Å². The molecule has 2 aromatic carbocycles. The number of hydrogen-bond donors (Lipinski definition) is 0. The average molecular weight is 442 g/mol. The molecule has 3 fully saturated rings. The lowest BCUT2D eigenvalue weighted by Crippen LogP contribution is -2.58. The molecule has 3 aliphatic heterocycles. The fourth-order valence-electron chi connectivity index (χ4n) is 6.21. The second-order valence-electron chi connectivity index (χ2n) is 9.07. The van der Waals surface area contributed by atoms with Crippen LogP contribution in [0.5, 0.6) is 0 Å². The first-order valence-electron chi connectivity index (χ1n) is 11.4. The molecule has 0 unspecified atom stereocenters. The molecule has 6 heteroatoms. The Hall–Kier alpha value is -1.73. The summed E-state index contributed by atoms with van der Waals surface area (Å²) in [6.45, 7) is 3.95. The van der Waals surface area contributed by atoms with Gasteiger partial charge in [-0.05, 0) is 37.0 Å². The standard InChI is InChI=1S/C25H31NO4S/c1-2-14-24(31(27,28)21-11-7-4-8-12-21)18-23-25(29-16-17-30-25)15-13-22(24)26(23)19-20-9-5-3-6-10-20/h3-12,22-23H,2,13-19H2,1H3/t22-,23-,24+/m1/s1. The summed E-state index contributed by atoms with van der Waals surface area (Å²) in [5, 5.41) is 0. The SMILES string of the molecule is CCC[C@]1(S(=O)(=O)c2ccccc2)C[C@H]2N(Cc3ccccc3)[C@@H]1CCC21OCCO1. The molecule has 3 saturated heterocycles. The molecule has 3 heterocycles. The molecular weight excluding hydrogens is 410 g/mol. The summed E-state index contributed by atoms with van der Waals surface area (Å²) in [6.07, 6.45) is 3.53. The molecule has 5 nitrogen and oxygen atoms in total. The molecule has 31 heavy (non-hydrogen) atoms. The molecule has 0 N–H and O–H groups in total. The number of fused-ring (bicyclic) bond motifs is 3. The van der Waals surface area contributed by atoms with Crippen molar-refractivity contribution in [3.8, 4) is 0 Å². The maximum atomic E-state index is 14.2. The van der Waals surface area contributed by atoms with Gasteiger partial charge in [-0.15, -0.1) is 0 Å². The molecule has 0 saturated carbocycles. The average Bonchev–Trinajstić information content (AvgIpc) is 3.34. The van der Waals surface area contributed by atoms with Gasteiger partial charge in [0, 0.05) is 19.0 Å². The summed E-state index contributed by atoms with van der Waals surface area (Å²) in [5.74, 6) is -0.688. The number of piperidine rings is 1. The summed E-state index contributed by atoms with van der Waals surface area (Å²) in [6, 6.07) is 19.2. The van der Waals surface area contributed by atoms with E-state index in [9.17, 15) is 8.42 Å². The van der Waals surface area contributed by atoms with Crippen LogP contribution in [-0.4, -0.2) is 49.1 Å². The van der Waals surface area contributed by atoms with Gasteiger partial charge in [0.1, 0.15) is 0 Å². The minimum atomic E-state index is -3.54. The van der Waals surface area contributed by atoms with Crippen molar-refractivity contribution in [3.05, 3.63) is 66.2 Å². The normalized spacial score (nSPS) is 30.1. The summed E-state index contributed by atoms with van der Waals surface area (Å²) in [4.78, 5) is 2.82. The fourth-order valence-corrected chi connectivity index (χ4v) is 8.66. The highest BCUT2D eigenvalue weighted by atomic mass is 32.2. The number of hydrogen-bond acceptors (Lipinski definition) is 5. The maximum absolute atomic E-state index is 14.2. The zero-order valence-electron chi connectivity index (χ0n) is 18.1. The number of benzene rings is 2. The van der Waals surface area contributed by atoms with E-state index in [0.717, 1.165) is 19.3 Å². The Labute approximate surface area is 185 Å². The zero-order chi connectivity index (χ0) is 21.5. The summed E-state index contributed by atoms with van der Waals surface area (Å²) < 4.78 is 40.0. The lowest BCUT2D eigenvalue weighted by Gasteiger charge is -2.46. The van der Waals surface area contributed by atoms with Crippen LogP contribution in [0.2, 0.25) is 0 Å². The highest BCUT2D eigenvalue weighted by Gasteiger charge is 2.67. The monoisotopic (exact) mass is 441 g/mol. The highest BCUT2D eigenvalue weighted by Crippen LogP contribution is 2.56. The molecule has 5 rings (SSSR count). The van der Waals surface area contributed by atoms with E-state index in [4.69, 9.17) is 9.47 Å². The Morgan fingerprint density at radius 2 is 1.61 bits per heavy atom. The molecule has 3 atom stereocenters. The topological polar surface area (TPSA) is 55.8 Å². The van der Waals surface area contributed by atoms with Crippen LogP contribution >= 0.6 is 0 Å². The number of sulfone groups is 1. The van der Waals surface area contributed by atoms with Crippen molar-refractivity contribution in [3.63, 3.8) is 0 Å².